The van der Waals surface area contributed by atoms with Gasteiger partial charge in [-0.2, -0.15) is 0 Å². The van der Waals surface area contributed by atoms with Gasteiger partial charge in [0.25, 0.3) is 5.91 Å². The van der Waals surface area contributed by atoms with E-state index in [-0.39, 0.29) is 17.9 Å². The van der Waals surface area contributed by atoms with E-state index in [4.69, 9.17) is 4.74 Å². The van der Waals surface area contributed by atoms with Gasteiger partial charge in [0.1, 0.15) is 16.7 Å². The van der Waals surface area contributed by atoms with Crippen LogP contribution in [0.25, 0.3) is 0 Å². The number of aryl methyl sites for hydroxylation is 2. The molecule has 34 heavy (non-hydrogen) atoms. The van der Waals surface area contributed by atoms with Crippen molar-refractivity contribution in [3.63, 3.8) is 0 Å². The van der Waals surface area contributed by atoms with E-state index in [2.05, 4.69) is 15.3 Å². The van der Waals surface area contributed by atoms with Crippen molar-refractivity contribution in [2.45, 2.75) is 58.0 Å². The van der Waals surface area contributed by atoms with Gasteiger partial charge in [-0.15, -0.1) is 11.3 Å². The van der Waals surface area contributed by atoms with E-state index in [1.165, 1.54) is 17.8 Å². The van der Waals surface area contributed by atoms with Gasteiger partial charge in [-0.1, -0.05) is 31.4 Å². The van der Waals surface area contributed by atoms with Crippen molar-refractivity contribution < 1.29 is 14.3 Å². The predicted molar refractivity (Wildman–Crippen MR) is 133 cm³/mol. The van der Waals surface area contributed by atoms with Gasteiger partial charge >= 0.3 is 0 Å². The highest BCUT2D eigenvalue weighted by Crippen LogP contribution is 2.33. The second kappa shape index (κ2) is 10.8. The van der Waals surface area contributed by atoms with Crippen LogP contribution < -0.4 is 15.0 Å². The summed E-state index contributed by atoms with van der Waals surface area (Å²) in [5.74, 6) is 0.215. The highest BCUT2D eigenvalue weighted by atomic mass is 32.1. The van der Waals surface area contributed by atoms with E-state index in [1.807, 2.05) is 38.1 Å². The van der Waals surface area contributed by atoms with Gasteiger partial charge in [-0.05, 0) is 56.5 Å². The van der Waals surface area contributed by atoms with Crippen LogP contribution in [0.1, 0.15) is 64.1 Å². The van der Waals surface area contributed by atoms with Gasteiger partial charge in [0.2, 0.25) is 5.91 Å². The minimum absolute atomic E-state index is 0.111. The first kappa shape index (κ1) is 23.9. The standard InChI is InChI=1S/C26H30N4O3S/c1-17-24(34-18(2)28-17)26(32)30(21-10-7-15-27-16-21)23(19-11-13-22(33-3)14-12-19)25(31)29-20-8-5-4-6-9-20/h7,10-16,20,23H,4-6,8-9H2,1-3H3,(H,29,31). The Hall–Kier alpha value is -3.26. The van der Waals surface area contributed by atoms with Gasteiger partial charge < -0.3 is 10.1 Å². The van der Waals surface area contributed by atoms with E-state index >= 15 is 0 Å². The van der Waals surface area contributed by atoms with Crippen molar-refractivity contribution in [1.82, 2.24) is 15.3 Å². The number of carbonyl (C=O) groups excluding carboxylic acids is 2. The van der Waals surface area contributed by atoms with Crippen LogP contribution in [0.2, 0.25) is 0 Å². The summed E-state index contributed by atoms with van der Waals surface area (Å²) in [5, 5.41) is 4.03. The highest BCUT2D eigenvalue weighted by Gasteiger charge is 2.36. The van der Waals surface area contributed by atoms with Crippen LogP contribution in [-0.2, 0) is 4.79 Å². The quantitative estimate of drug-likeness (QED) is 0.517. The Morgan fingerprint density at radius 1 is 1.12 bits per heavy atom. The molecule has 0 aliphatic heterocycles. The van der Waals surface area contributed by atoms with Crippen molar-refractivity contribution in [1.29, 1.82) is 0 Å². The van der Waals surface area contributed by atoms with E-state index in [1.54, 1.807) is 36.5 Å². The van der Waals surface area contributed by atoms with Crippen molar-refractivity contribution in [2.75, 3.05) is 12.0 Å². The Morgan fingerprint density at radius 2 is 1.85 bits per heavy atom. The van der Waals surface area contributed by atoms with Crippen molar-refractivity contribution in [3.05, 3.63) is 69.9 Å². The summed E-state index contributed by atoms with van der Waals surface area (Å²) in [4.78, 5) is 38.6. The second-order valence-electron chi connectivity index (χ2n) is 8.55. The summed E-state index contributed by atoms with van der Waals surface area (Å²) in [5.41, 5.74) is 1.91. The fraction of sp³-hybridized carbons (Fsp3) is 0.385. The van der Waals surface area contributed by atoms with Gasteiger partial charge in [0.05, 0.1) is 29.7 Å². The van der Waals surface area contributed by atoms with Crippen LogP contribution in [0.3, 0.4) is 0 Å². The number of hydrogen-bond donors (Lipinski definition) is 1. The fourth-order valence-corrected chi connectivity index (χ4v) is 5.31. The van der Waals surface area contributed by atoms with Crippen molar-refractivity contribution in [2.24, 2.45) is 0 Å². The lowest BCUT2D eigenvalue weighted by Crippen LogP contribution is -2.47. The molecule has 1 N–H and O–H groups in total. The number of benzene rings is 1. The van der Waals surface area contributed by atoms with Crippen LogP contribution in [-0.4, -0.2) is 34.9 Å². The molecular formula is C26H30N4O3S. The SMILES string of the molecule is COc1ccc(C(C(=O)NC2CCCCC2)N(C(=O)c2sc(C)nc2C)c2cccnc2)cc1. The van der Waals surface area contributed by atoms with Gasteiger partial charge in [-0.25, -0.2) is 4.98 Å². The van der Waals surface area contributed by atoms with E-state index in [0.717, 1.165) is 30.7 Å². The van der Waals surface area contributed by atoms with E-state index in [9.17, 15) is 9.59 Å². The predicted octanol–water partition coefficient (Wildman–Crippen LogP) is 5.00. The number of aromatic nitrogens is 2. The molecule has 178 valence electrons. The summed E-state index contributed by atoms with van der Waals surface area (Å²) in [6, 6.07) is 10.1. The van der Waals surface area contributed by atoms with Crippen LogP contribution in [0.4, 0.5) is 5.69 Å². The average molecular weight is 479 g/mol. The number of thiazole rings is 1. The molecule has 8 heteroatoms. The lowest BCUT2D eigenvalue weighted by Gasteiger charge is -2.33. The van der Waals surface area contributed by atoms with Gasteiger partial charge in [-0.3, -0.25) is 19.5 Å². The third-order valence-corrected chi connectivity index (χ3v) is 7.19. The maximum Gasteiger partial charge on any atom is 0.271 e. The first-order valence-corrected chi connectivity index (χ1v) is 12.4. The topological polar surface area (TPSA) is 84.4 Å². The van der Waals surface area contributed by atoms with Gasteiger partial charge in [0, 0.05) is 12.2 Å². The third kappa shape index (κ3) is 5.28. The first-order valence-electron chi connectivity index (χ1n) is 11.6. The minimum Gasteiger partial charge on any atom is -0.497 e. The molecule has 7 nitrogen and oxygen atoms in total. The normalized spacial score (nSPS) is 14.9. The molecule has 0 spiro atoms. The Balaban J connectivity index is 1.80. The lowest BCUT2D eigenvalue weighted by molar-refractivity contribution is -0.123. The summed E-state index contributed by atoms with van der Waals surface area (Å²) < 4.78 is 5.31. The Morgan fingerprint density at radius 3 is 2.44 bits per heavy atom. The minimum atomic E-state index is -0.869. The molecule has 2 aromatic heterocycles. The molecule has 2 amide bonds. The maximum atomic E-state index is 14.0. The van der Waals surface area contributed by atoms with Gasteiger partial charge in [0.15, 0.2) is 0 Å². The molecule has 0 saturated heterocycles. The molecule has 4 rings (SSSR count). The number of rotatable bonds is 7. The number of carbonyl (C=O) groups is 2. The van der Waals surface area contributed by atoms with Crippen LogP contribution in [0, 0.1) is 13.8 Å². The molecule has 1 fully saturated rings. The van der Waals surface area contributed by atoms with Crippen molar-refractivity contribution in [3.8, 4) is 5.75 Å². The van der Waals surface area contributed by atoms with Crippen molar-refractivity contribution >= 4 is 28.8 Å². The fourth-order valence-electron chi connectivity index (χ4n) is 4.45. The molecule has 1 aliphatic rings. The first-order chi connectivity index (χ1) is 16.5. The van der Waals surface area contributed by atoms with E-state index in [0.29, 0.717) is 27.6 Å². The highest BCUT2D eigenvalue weighted by molar-refractivity contribution is 7.13. The maximum absolute atomic E-state index is 14.0. The average Bonchev–Trinajstić information content (AvgIpc) is 3.21. The number of anilines is 1. The molecule has 1 saturated carbocycles. The Labute approximate surface area is 204 Å². The molecule has 3 aromatic rings. The van der Waals surface area contributed by atoms with Crippen LogP contribution in [0.5, 0.6) is 5.75 Å². The number of methoxy groups -OCH3 is 1. The number of pyridine rings is 1. The molecule has 0 bridgehead atoms. The zero-order chi connectivity index (χ0) is 24.1. The second-order valence-corrected chi connectivity index (χ2v) is 9.76. The lowest BCUT2D eigenvalue weighted by atomic mass is 9.94. The molecular weight excluding hydrogens is 448 g/mol. The third-order valence-electron chi connectivity index (χ3n) is 6.13. The molecule has 1 aliphatic carbocycles. The molecule has 1 atom stereocenters. The monoisotopic (exact) mass is 478 g/mol. The van der Waals surface area contributed by atoms with E-state index < -0.39 is 6.04 Å². The smallest absolute Gasteiger partial charge is 0.271 e. The number of amides is 2. The summed E-state index contributed by atoms with van der Waals surface area (Å²) in [6.07, 6.45) is 8.57. The zero-order valence-corrected chi connectivity index (χ0v) is 20.6. The molecule has 2 heterocycles. The number of ether oxygens (including phenoxy) is 1. The largest absolute Gasteiger partial charge is 0.497 e. The number of nitrogens with zero attached hydrogens (tertiary/aromatic N) is 3. The molecule has 1 aromatic carbocycles. The zero-order valence-electron chi connectivity index (χ0n) is 19.8. The summed E-state index contributed by atoms with van der Waals surface area (Å²) >= 11 is 1.34. The number of hydrogen-bond acceptors (Lipinski definition) is 6. The summed E-state index contributed by atoms with van der Waals surface area (Å²) in [6.45, 7) is 3.70. The number of nitrogens with one attached hydrogen (secondary N) is 1. The molecule has 0 radical (unpaired) electrons. The Kier molecular flexibility index (Phi) is 7.57. The Bertz CT molecular complexity index is 1120. The summed E-state index contributed by atoms with van der Waals surface area (Å²) in [7, 11) is 1.60. The van der Waals surface area contributed by atoms with Crippen LogP contribution >= 0.6 is 11.3 Å². The van der Waals surface area contributed by atoms with Crippen LogP contribution in [0.15, 0.2) is 48.8 Å². The molecule has 1 unspecified atom stereocenters.